The zero-order valence-corrected chi connectivity index (χ0v) is 10.2. The number of hydrogen-bond donors (Lipinski definition) is 1. The second kappa shape index (κ2) is 4.56. The number of nitrogens with one attached hydrogen (secondary N) is 1. The first-order chi connectivity index (χ1) is 7.77. The van der Waals surface area contributed by atoms with Gasteiger partial charge in [-0.3, -0.25) is 4.98 Å². The van der Waals surface area contributed by atoms with Crippen LogP contribution in [0.3, 0.4) is 0 Å². The van der Waals surface area contributed by atoms with Crippen molar-refractivity contribution < 1.29 is 0 Å². The summed E-state index contributed by atoms with van der Waals surface area (Å²) in [6.45, 7) is 5.23. The first-order valence-corrected chi connectivity index (χ1v) is 5.91. The van der Waals surface area contributed by atoms with E-state index in [9.17, 15) is 0 Å². The minimum atomic E-state index is 0.872. The van der Waals surface area contributed by atoms with Gasteiger partial charge < -0.3 is 10.2 Å². The van der Waals surface area contributed by atoms with Crippen LogP contribution in [-0.4, -0.2) is 18.7 Å². The molecular formula is C13H19N3. The average molecular weight is 217 g/mol. The van der Waals surface area contributed by atoms with Crippen LogP contribution in [-0.2, 0) is 0 Å². The van der Waals surface area contributed by atoms with E-state index >= 15 is 0 Å². The zero-order chi connectivity index (χ0) is 11.5. The van der Waals surface area contributed by atoms with Gasteiger partial charge in [0.1, 0.15) is 0 Å². The van der Waals surface area contributed by atoms with Crippen LogP contribution in [0.15, 0.2) is 18.3 Å². The number of allylic oxidation sites excluding steroid dienone is 2. The largest absolute Gasteiger partial charge is 0.366 e. The molecule has 0 amide bonds. The SMILES string of the molecule is CC/C=C(\CC)c1nccc2c1N(C)CN2. The van der Waals surface area contributed by atoms with E-state index < -0.39 is 0 Å². The number of fused-ring (bicyclic) bond motifs is 1. The van der Waals surface area contributed by atoms with E-state index in [0.717, 1.165) is 25.2 Å². The van der Waals surface area contributed by atoms with E-state index in [1.54, 1.807) is 0 Å². The molecule has 86 valence electrons. The summed E-state index contributed by atoms with van der Waals surface area (Å²) < 4.78 is 0. The Kier molecular flexibility index (Phi) is 3.13. The Morgan fingerprint density at radius 3 is 3.06 bits per heavy atom. The maximum Gasteiger partial charge on any atom is 0.0913 e. The molecule has 0 saturated carbocycles. The highest BCUT2D eigenvalue weighted by Crippen LogP contribution is 2.36. The molecule has 2 heterocycles. The third-order valence-electron chi connectivity index (χ3n) is 2.95. The molecule has 16 heavy (non-hydrogen) atoms. The lowest BCUT2D eigenvalue weighted by Crippen LogP contribution is -2.17. The molecule has 1 N–H and O–H groups in total. The van der Waals surface area contributed by atoms with Gasteiger partial charge >= 0.3 is 0 Å². The molecule has 1 aliphatic rings. The third kappa shape index (κ3) is 1.77. The molecule has 0 bridgehead atoms. The molecule has 1 aromatic heterocycles. The van der Waals surface area contributed by atoms with Crippen LogP contribution < -0.4 is 10.2 Å². The van der Waals surface area contributed by atoms with Gasteiger partial charge in [-0.2, -0.15) is 0 Å². The highest BCUT2D eigenvalue weighted by molar-refractivity contribution is 5.85. The lowest BCUT2D eigenvalue weighted by atomic mass is 10.1. The molecule has 3 heteroatoms. The first kappa shape index (κ1) is 11.0. The van der Waals surface area contributed by atoms with Crippen LogP contribution >= 0.6 is 0 Å². The Hall–Kier alpha value is -1.51. The molecule has 3 nitrogen and oxygen atoms in total. The van der Waals surface area contributed by atoms with E-state index in [-0.39, 0.29) is 0 Å². The number of aromatic nitrogens is 1. The Bertz CT molecular complexity index is 410. The molecule has 0 aliphatic carbocycles. The van der Waals surface area contributed by atoms with Crippen molar-refractivity contribution in [2.45, 2.75) is 26.7 Å². The molecular weight excluding hydrogens is 198 g/mol. The number of rotatable bonds is 3. The number of anilines is 2. The summed E-state index contributed by atoms with van der Waals surface area (Å²) in [7, 11) is 2.10. The fourth-order valence-corrected chi connectivity index (χ4v) is 2.16. The van der Waals surface area contributed by atoms with E-state index in [1.807, 2.05) is 12.3 Å². The number of pyridine rings is 1. The number of nitrogens with zero attached hydrogens (tertiary/aromatic N) is 2. The van der Waals surface area contributed by atoms with Crippen molar-refractivity contribution in [3.05, 3.63) is 24.0 Å². The predicted octanol–water partition coefficient (Wildman–Crippen LogP) is 3.10. The zero-order valence-electron chi connectivity index (χ0n) is 10.2. The molecule has 2 rings (SSSR count). The molecule has 0 radical (unpaired) electrons. The summed E-state index contributed by atoms with van der Waals surface area (Å²) in [6, 6.07) is 2.04. The fourth-order valence-electron chi connectivity index (χ4n) is 2.16. The molecule has 0 unspecified atom stereocenters. The maximum atomic E-state index is 4.54. The Labute approximate surface area is 97.2 Å². The van der Waals surface area contributed by atoms with Crippen LogP contribution in [0.1, 0.15) is 32.4 Å². The topological polar surface area (TPSA) is 28.2 Å². The summed E-state index contributed by atoms with van der Waals surface area (Å²) >= 11 is 0. The lowest BCUT2D eigenvalue weighted by molar-refractivity contribution is 1.02. The van der Waals surface area contributed by atoms with Gasteiger partial charge in [0.25, 0.3) is 0 Å². The third-order valence-corrected chi connectivity index (χ3v) is 2.95. The monoisotopic (exact) mass is 217 g/mol. The van der Waals surface area contributed by atoms with Crippen LogP contribution in [0.25, 0.3) is 5.57 Å². The number of hydrogen-bond acceptors (Lipinski definition) is 3. The van der Waals surface area contributed by atoms with E-state index in [4.69, 9.17) is 0 Å². The second-order valence-corrected chi connectivity index (χ2v) is 4.08. The molecule has 0 fully saturated rings. The van der Waals surface area contributed by atoms with E-state index in [0.29, 0.717) is 0 Å². The summed E-state index contributed by atoms with van der Waals surface area (Å²) in [6.07, 6.45) is 6.26. The summed E-state index contributed by atoms with van der Waals surface area (Å²) in [4.78, 5) is 6.76. The van der Waals surface area contributed by atoms with Crippen LogP contribution in [0.4, 0.5) is 11.4 Å². The predicted molar refractivity (Wildman–Crippen MR) is 69.7 cm³/mol. The normalized spacial score (nSPS) is 14.9. The van der Waals surface area contributed by atoms with Gasteiger partial charge in [-0.25, -0.2) is 0 Å². The minimum absolute atomic E-state index is 0.872. The maximum absolute atomic E-state index is 4.54. The van der Waals surface area contributed by atoms with Gasteiger partial charge in [0, 0.05) is 13.2 Å². The van der Waals surface area contributed by atoms with Crippen molar-refractivity contribution in [1.82, 2.24) is 4.98 Å². The van der Waals surface area contributed by atoms with Gasteiger partial charge in [-0.1, -0.05) is 19.9 Å². The molecule has 0 spiro atoms. The van der Waals surface area contributed by atoms with Gasteiger partial charge in [0.15, 0.2) is 0 Å². The Balaban J connectivity index is 2.49. The summed E-state index contributed by atoms with van der Waals surface area (Å²) in [5.74, 6) is 0. The van der Waals surface area contributed by atoms with Crippen molar-refractivity contribution >= 4 is 16.9 Å². The lowest BCUT2D eigenvalue weighted by Gasteiger charge is -2.15. The Morgan fingerprint density at radius 2 is 2.38 bits per heavy atom. The standard InChI is InChI=1S/C13H19N3/c1-4-6-10(5-2)12-13-11(7-8-14-12)15-9-16(13)3/h6-8,15H,4-5,9H2,1-3H3/b10-6+. The summed E-state index contributed by atoms with van der Waals surface area (Å²) in [5.41, 5.74) is 4.91. The van der Waals surface area contributed by atoms with Crippen molar-refractivity contribution in [2.75, 3.05) is 23.9 Å². The minimum Gasteiger partial charge on any atom is -0.366 e. The molecule has 0 saturated heterocycles. The van der Waals surface area contributed by atoms with Gasteiger partial charge in [-0.15, -0.1) is 0 Å². The highest BCUT2D eigenvalue weighted by Gasteiger charge is 2.20. The summed E-state index contributed by atoms with van der Waals surface area (Å²) in [5, 5.41) is 3.37. The smallest absolute Gasteiger partial charge is 0.0913 e. The fraction of sp³-hybridized carbons (Fsp3) is 0.462. The van der Waals surface area contributed by atoms with E-state index in [1.165, 1.54) is 16.9 Å². The van der Waals surface area contributed by atoms with Crippen LogP contribution in [0, 0.1) is 0 Å². The van der Waals surface area contributed by atoms with Crippen molar-refractivity contribution in [3.63, 3.8) is 0 Å². The van der Waals surface area contributed by atoms with Crippen molar-refractivity contribution in [2.24, 2.45) is 0 Å². The molecule has 1 aliphatic heterocycles. The van der Waals surface area contributed by atoms with Gasteiger partial charge in [0.2, 0.25) is 0 Å². The quantitative estimate of drug-likeness (QED) is 0.843. The van der Waals surface area contributed by atoms with Crippen molar-refractivity contribution in [3.8, 4) is 0 Å². The Morgan fingerprint density at radius 1 is 1.56 bits per heavy atom. The highest BCUT2D eigenvalue weighted by atomic mass is 15.3. The first-order valence-electron chi connectivity index (χ1n) is 5.91. The second-order valence-electron chi connectivity index (χ2n) is 4.08. The average Bonchev–Trinajstić information content (AvgIpc) is 2.68. The van der Waals surface area contributed by atoms with Gasteiger partial charge in [0.05, 0.1) is 23.7 Å². The molecule has 1 aromatic rings. The molecule has 0 atom stereocenters. The van der Waals surface area contributed by atoms with Crippen LogP contribution in [0.2, 0.25) is 0 Å². The van der Waals surface area contributed by atoms with Gasteiger partial charge in [-0.05, 0) is 24.5 Å². The molecule has 0 aromatic carbocycles. The van der Waals surface area contributed by atoms with Crippen molar-refractivity contribution in [1.29, 1.82) is 0 Å². The van der Waals surface area contributed by atoms with Crippen LogP contribution in [0.5, 0.6) is 0 Å². The van der Waals surface area contributed by atoms with E-state index in [2.05, 4.69) is 42.2 Å².